The minimum absolute atomic E-state index is 0. The van der Waals surface area contributed by atoms with Gasteiger partial charge < -0.3 is 27.8 Å². The number of hydrogen-bond donors (Lipinski definition) is 0. The van der Waals surface area contributed by atoms with Gasteiger partial charge in [0.2, 0.25) is 0 Å². The number of unbranched alkanes of at least 4 members (excludes halogenated alkanes) is 6. The van der Waals surface area contributed by atoms with Crippen molar-refractivity contribution in [2.24, 2.45) is 30.0 Å². The summed E-state index contributed by atoms with van der Waals surface area (Å²) in [5.41, 5.74) is 5.41. The number of fused-ring (bicyclic) bond motifs is 14. The van der Waals surface area contributed by atoms with Crippen LogP contribution in [0.4, 0.5) is 11.6 Å². The van der Waals surface area contributed by atoms with Crippen LogP contribution in [0, 0.1) is 127 Å². The van der Waals surface area contributed by atoms with Gasteiger partial charge in [0.05, 0.1) is 13.2 Å². The van der Waals surface area contributed by atoms with Crippen molar-refractivity contribution in [1.82, 2.24) is 8.47 Å². The molecule has 18 nitrogen and oxygen atoms in total. The molecule has 0 atom stereocenters. The van der Waals surface area contributed by atoms with Crippen LogP contribution in [0.2, 0.25) is 0 Å². The van der Waals surface area contributed by atoms with Crippen LogP contribution in [0.15, 0.2) is 200 Å². The third-order valence-electron chi connectivity index (χ3n) is 17.8. The van der Waals surface area contributed by atoms with Crippen LogP contribution in [-0.4, -0.2) is 104 Å². The molecule has 21 heteroatoms. The Balaban J connectivity index is 0.000000826. The van der Waals surface area contributed by atoms with Crippen LogP contribution < -0.4 is 20.4 Å². The van der Waals surface area contributed by atoms with E-state index in [-0.39, 0.29) is 85.3 Å². The number of aromatic nitrogens is 2. The number of hydrogen-bond acceptors (Lipinski definition) is 16. The Morgan fingerprint density at radius 2 is 0.673 bits per heavy atom. The molecule has 20 radical (unpaired) electrons. The molecule has 4 aliphatic carbocycles. The first-order valence-corrected chi connectivity index (χ1v) is 37.0. The molecule has 4 fully saturated rings. The average molecular weight is 1520 g/mol. The van der Waals surface area contributed by atoms with Gasteiger partial charge in [0.25, 0.3) is 0 Å². The van der Waals surface area contributed by atoms with Gasteiger partial charge >= 0.3 is 55.0 Å². The normalized spacial score (nSPS) is 16.4. The first-order chi connectivity index (χ1) is 51.7. The van der Waals surface area contributed by atoms with Gasteiger partial charge in [0, 0.05) is 80.0 Å². The van der Waals surface area contributed by atoms with Crippen molar-refractivity contribution in [2.75, 3.05) is 39.6 Å². The zero-order valence-electron chi connectivity index (χ0n) is 58.3. The predicted molar refractivity (Wildman–Crippen MR) is 407 cm³/mol. The van der Waals surface area contributed by atoms with Crippen molar-refractivity contribution < 1.29 is 81.1 Å². The number of ketones is 2. The van der Waals surface area contributed by atoms with E-state index in [0.29, 0.717) is 94.3 Å². The Bertz CT molecular complexity index is 4470. The van der Waals surface area contributed by atoms with E-state index in [9.17, 15) is 19.2 Å². The van der Waals surface area contributed by atoms with E-state index >= 15 is 0 Å². The standard InChI is InChI=1S/C76H64N8O10Si.2C5H5.2Fe/c85-65(43-33-51-21-5-6-22-51)53-35-39-55(40-36-53)91-49-67(87)89-45-17-1-3-19-47-93-95(94-48-20-4-2-18-46-90-68(88)50-92-56-41-37-54(38-42-56)66(86)44-34-52-23-7-8-24-52)83-73-61-29-13-14-30-62(61)75(83)81-71-59-27-11-12-28-60(59)72(78-71)82-76-64-32-16-15-31-63(64)74(84(76)95)80-70-58-26-10-9-25-57(58)69(77-70)79-73;2*1-2-4-5-3-1;;/h5-16,21-44H,1-4,17-20,45-50H2;2*1-5H;;/q;;;2*+2/b43-33+,44-34+,79-69?,79-73?,80-70?,80-74?,81-71?,81-75?,82-72?,82-76?;;;;. The molecule has 107 heavy (non-hydrogen) atoms. The fraction of sp³-hybridized carbons (Fsp3) is 0.163. The summed E-state index contributed by atoms with van der Waals surface area (Å²) >= 11 is 0. The molecule has 8 aromatic rings. The van der Waals surface area contributed by atoms with Crippen LogP contribution >= 0.6 is 0 Å². The predicted octanol–water partition coefficient (Wildman–Crippen LogP) is 14.1. The number of allylic oxidation sites excluding steroid dienone is 4. The van der Waals surface area contributed by atoms with Crippen LogP contribution in [0.3, 0.4) is 0 Å². The molecule has 0 amide bonds. The summed E-state index contributed by atoms with van der Waals surface area (Å²) < 4.78 is 42.3. The zero-order valence-corrected chi connectivity index (χ0v) is 61.5. The third-order valence-corrected chi connectivity index (χ3v) is 21.0. The van der Waals surface area contributed by atoms with Gasteiger partial charge in [-0.2, -0.15) is 0 Å². The molecule has 6 heterocycles. The van der Waals surface area contributed by atoms with E-state index in [1.54, 1.807) is 60.7 Å². The molecular weight excluding hydrogens is 1440 g/mol. The maximum Gasteiger partial charge on any atom is 2.00 e. The molecule has 0 spiro atoms. The molecule has 0 N–H and O–H groups in total. The molecule has 534 valence electrons. The number of aliphatic imine (C=N–C) groups is 4. The van der Waals surface area contributed by atoms with E-state index in [1.807, 2.05) is 213 Å². The maximum atomic E-state index is 12.9. The van der Waals surface area contributed by atoms with Gasteiger partial charge in [-0.3, -0.25) is 18.1 Å². The monoisotopic (exact) mass is 1520 g/mol. The van der Waals surface area contributed by atoms with Gasteiger partial charge in [-0.25, -0.2) is 39.5 Å². The van der Waals surface area contributed by atoms with Gasteiger partial charge in [-0.15, -0.1) is 0 Å². The van der Waals surface area contributed by atoms with Crippen LogP contribution in [-0.2, 0) is 62.1 Å². The van der Waals surface area contributed by atoms with Gasteiger partial charge in [0.15, 0.2) is 48.1 Å². The Morgan fingerprint density at radius 1 is 0.346 bits per heavy atom. The van der Waals surface area contributed by atoms with Gasteiger partial charge in [0.1, 0.15) is 34.1 Å². The first kappa shape index (κ1) is 77.8. The molecular formula is C86H74Fe2N8O10Si+4. The smallest absolute Gasteiger partial charge is 0.482 e. The minimum atomic E-state index is -4.40. The molecule has 6 bridgehead atoms. The Labute approximate surface area is 648 Å². The summed E-state index contributed by atoms with van der Waals surface area (Å²) in [6.45, 7) is 0.320. The van der Waals surface area contributed by atoms with Crippen molar-refractivity contribution in [3.8, 4) is 11.5 Å². The van der Waals surface area contributed by atoms with E-state index < -0.39 is 20.8 Å². The number of nitrogens with zero attached hydrogens (tertiary/aromatic N) is 8. The molecule has 8 aliphatic rings. The number of carbonyl (C=O) groups is 4. The summed E-state index contributed by atoms with van der Waals surface area (Å²) in [6.07, 6.45) is 47.3. The van der Waals surface area contributed by atoms with E-state index in [2.05, 4.69) is 8.47 Å². The Kier molecular flexibility index (Phi) is 27.9. The summed E-state index contributed by atoms with van der Waals surface area (Å²) in [5.74, 6) is 4.55. The number of carbonyl (C=O) groups excluding carboxylic acids is 4. The van der Waals surface area contributed by atoms with Crippen molar-refractivity contribution in [1.29, 1.82) is 0 Å². The van der Waals surface area contributed by atoms with E-state index in [4.69, 9.17) is 57.8 Å². The molecule has 0 saturated heterocycles. The largest absolute Gasteiger partial charge is 2.00 e. The van der Waals surface area contributed by atoms with Crippen LogP contribution in [0.25, 0.3) is 21.5 Å². The fourth-order valence-electron chi connectivity index (χ4n) is 12.6. The zero-order chi connectivity index (χ0) is 71.6. The van der Waals surface area contributed by atoms with Crippen LogP contribution in [0.1, 0.15) is 94.3 Å². The minimum Gasteiger partial charge on any atom is -0.482 e. The number of amidine groups is 4. The number of rotatable bonds is 28. The molecule has 16 rings (SSSR count). The van der Waals surface area contributed by atoms with Gasteiger partial charge in [-0.05, 0) is 215 Å². The number of benzene rings is 6. The topological polar surface area (TPSA) is 208 Å². The van der Waals surface area contributed by atoms with E-state index in [1.165, 1.54) is 12.2 Å². The second-order valence-electron chi connectivity index (χ2n) is 25.0. The fourth-order valence-corrected chi connectivity index (χ4v) is 16.0. The average Bonchev–Trinajstić information content (AvgIpc) is 1.54. The van der Waals surface area contributed by atoms with Crippen molar-refractivity contribution in [2.45, 2.75) is 51.4 Å². The van der Waals surface area contributed by atoms with Gasteiger partial charge in [-0.1, -0.05) is 122 Å². The number of ether oxygens (including phenoxy) is 4. The summed E-state index contributed by atoms with van der Waals surface area (Å²) in [4.78, 5) is 83.9. The molecule has 4 aliphatic heterocycles. The third kappa shape index (κ3) is 19.0. The van der Waals surface area contributed by atoms with Crippen molar-refractivity contribution in [3.05, 3.63) is 342 Å². The number of esters is 2. The second-order valence-corrected chi connectivity index (χ2v) is 27.6. The molecule has 0 unspecified atom stereocenters. The SMILES string of the molecule is O=C(COc1ccc(C(=O)/C=C/[C]2[CH][CH][CH][CH]2)cc1)OCCCCCCO[Si]1(OCCCCCCOC(=O)COc2ccc(C(=O)/C=C/[C]3[CH][CH][CH][CH]3)cc2)n2c3c4ccccc4c2N=C2N=C(N=c4c5ccccc5c(n41)=NC1=NC(=N3)c3ccccc31)c1ccccc12.[CH]1[CH][CH][CH][CH]1.[CH]1[CH][CH][CH][CH]1.[Fe+2].[Fe+2]. The molecule has 2 aromatic heterocycles. The maximum absolute atomic E-state index is 12.9. The summed E-state index contributed by atoms with van der Waals surface area (Å²) in [5, 5.41) is 3.22. The van der Waals surface area contributed by atoms with Crippen LogP contribution in [0.5, 0.6) is 11.5 Å². The first-order valence-electron chi connectivity index (χ1n) is 35.3. The molecule has 6 aromatic carbocycles. The summed E-state index contributed by atoms with van der Waals surface area (Å²) in [6, 6.07) is 45.5. The van der Waals surface area contributed by atoms with Crippen molar-refractivity contribution in [3.63, 3.8) is 0 Å². The Hall–Kier alpha value is -8.78. The summed E-state index contributed by atoms with van der Waals surface area (Å²) in [7, 11) is -4.40. The quantitative estimate of drug-likeness (QED) is 0.0149. The second kappa shape index (κ2) is 38.3. The Morgan fingerprint density at radius 3 is 1.04 bits per heavy atom. The van der Waals surface area contributed by atoms with E-state index in [0.717, 1.165) is 81.3 Å². The molecule has 4 saturated carbocycles. The van der Waals surface area contributed by atoms with Crippen molar-refractivity contribution >= 4 is 88.9 Å².